The number of pyridine rings is 1. The zero-order valence-corrected chi connectivity index (χ0v) is 11.9. The molecule has 5 heteroatoms. The molecular weight excluding hydrogens is 280 g/mol. The van der Waals surface area contributed by atoms with Crippen LogP contribution in [0.25, 0.3) is 17.1 Å². The summed E-state index contributed by atoms with van der Waals surface area (Å²) in [4.78, 5) is 15.7. The summed E-state index contributed by atoms with van der Waals surface area (Å²) in [6.45, 7) is 1.74. The maximum atomic E-state index is 11.4. The number of carboxylic acids is 1. The van der Waals surface area contributed by atoms with Crippen molar-refractivity contribution in [2.45, 2.75) is 6.92 Å². The predicted octanol–water partition coefficient (Wildman–Crippen LogP) is 3.25. The van der Waals surface area contributed by atoms with E-state index in [1.54, 1.807) is 48.0 Å². The van der Waals surface area contributed by atoms with Crippen LogP contribution in [0.4, 0.5) is 0 Å². The van der Waals surface area contributed by atoms with Crippen molar-refractivity contribution < 1.29 is 15.0 Å². The fourth-order valence-corrected chi connectivity index (χ4v) is 2.49. The lowest BCUT2D eigenvalue weighted by molar-refractivity contribution is 0.0696. The number of aromatic carboxylic acids is 1. The molecule has 0 radical (unpaired) electrons. The Morgan fingerprint density at radius 2 is 1.95 bits per heavy atom. The van der Waals surface area contributed by atoms with Crippen LogP contribution in [0.15, 0.2) is 54.7 Å². The van der Waals surface area contributed by atoms with E-state index in [1.807, 2.05) is 18.2 Å². The number of carboxylic acid groups (broad SMARTS) is 1. The molecule has 0 amide bonds. The molecule has 2 aromatic heterocycles. The highest BCUT2D eigenvalue weighted by molar-refractivity contribution is 5.91. The number of hydrogen-bond acceptors (Lipinski definition) is 3. The fourth-order valence-electron chi connectivity index (χ4n) is 2.49. The van der Waals surface area contributed by atoms with Crippen LogP contribution in [-0.2, 0) is 0 Å². The minimum absolute atomic E-state index is 0.120. The van der Waals surface area contributed by atoms with Gasteiger partial charge in [0, 0.05) is 23.6 Å². The number of carbonyl (C=O) groups is 1. The zero-order chi connectivity index (χ0) is 15.7. The predicted molar refractivity (Wildman–Crippen MR) is 82.4 cm³/mol. The van der Waals surface area contributed by atoms with Gasteiger partial charge in [-0.3, -0.25) is 4.98 Å². The Morgan fingerprint density at radius 1 is 1.14 bits per heavy atom. The highest BCUT2D eigenvalue weighted by Crippen LogP contribution is 2.29. The van der Waals surface area contributed by atoms with Gasteiger partial charge in [-0.15, -0.1) is 0 Å². The number of hydrogen-bond donors (Lipinski definition) is 2. The Bertz CT molecular complexity index is 838. The molecule has 5 nitrogen and oxygen atoms in total. The zero-order valence-electron chi connectivity index (χ0n) is 11.9. The maximum absolute atomic E-state index is 11.4. The van der Waals surface area contributed by atoms with E-state index < -0.39 is 5.97 Å². The van der Waals surface area contributed by atoms with Crippen LogP contribution in [0.1, 0.15) is 16.1 Å². The monoisotopic (exact) mass is 294 g/mol. The lowest BCUT2D eigenvalue weighted by atomic mass is 10.2. The molecule has 0 saturated heterocycles. The summed E-state index contributed by atoms with van der Waals surface area (Å²) in [5.74, 6) is -0.872. The summed E-state index contributed by atoms with van der Waals surface area (Å²) in [5.41, 5.74) is 2.82. The highest BCUT2D eigenvalue weighted by atomic mass is 16.4. The molecule has 3 aromatic rings. The van der Waals surface area contributed by atoms with Gasteiger partial charge in [-0.05, 0) is 37.3 Å². The number of aromatic nitrogens is 2. The maximum Gasteiger partial charge on any atom is 0.337 e. The van der Waals surface area contributed by atoms with Crippen molar-refractivity contribution in [3.63, 3.8) is 0 Å². The largest absolute Gasteiger partial charge is 0.508 e. The van der Waals surface area contributed by atoms with Gasteiger partial charge < -0.3 is 14.8 Å². The first kappa shape index (κ1) is 13.9. The third-order valence-corrected chi connectivity index (χ3v) is 3.49. The molecule has 110 valence electrons. The normalized spacial score (nSPS) is 10.6. The molecule has 22 heavy (non-hydrogen) atoms. The number of rotatable bonds is 3. The van der Waals surface area contributed by atoms with Gasteiger partial charge in [0.1, 0.15) is 5.75 Å². The average Bonchev–Trinajstić information content (AvgIpc) is 2.86. The van der Waals surface area contributed by atoms with Crippen LogP contribution < -0.4 is 0 Å². The van der Waals surface area contributed by atoms with Crippen molar-refractivity contribution in [3.8, 4) is 22.8 Å². The van der Waals surface area contributed by atoms with Gasteiger partial charge in [0.2, 0.25) is 0 Å². The molecule has 0 atom stereocenters. The molecule has 0 aliphatic heterocycles. The fraction of sp³-hybridized carbons (Fsp3) is 0.0588. The van der Waals surface area contributed by atoms with Crippen molar-refractivity contribution in [1.29, 1.82) is 0 Å². The van der Waals surface area contributed by atoms with Crippen LogP contribution in [-0.4, -0.2) is 25.7 Å². The Morgan fingerprint density at radius 3 is 2.59 bits per heavy atom. The smallest absolute Gasteiger partial charge is 0.337 e. The van der Waals surface area contributed by atoms with Gasteiger partial charge in [0.15, 0.2) is 0 Å². The summed E-state index contributed by atoms with van der Waals surface area (Å²) >= 11 is 0. The molecule has 0 aliphatic rings. The Kier molecular flexibility index (Phi) is 3.39. The van der Waals surface area contributed by atoms with Crippen LogP contribution in [0.5, 0.6) is 5.75 Å². The van der Waals surface area contributed by atoms with Crippen molar-refractivity contribution in [2.75, 3.05) is 0 Å². The van der Waals surface area contributed by atoms with Crippen LogP contribution in [0.2, 0.25) is 0 Å². The van der Waals surface area contributed by atoms with Crippen molar-refractivity contribution >= 4 is 5.97 Å². The molecule has 3 rings (SSSR count). The second-order valence-corrected chi connectivity index (χ2v) is 4.90. The summed E-state index contributed by atoms with van der Waals surface area (Å²) in [6.07, 6.45) is 1.66. The molecule has 2 N–H and O–H groups in total. The van der Waals surface area contributed by atoms with Crippen molar-refractivity contribution in [2.24, 2.45) is 0 Å². The molecule has 0 aliphatic carbocycles. The van der Waals surface area contributed by atoms with Crippen molar-refractivity contribution in [3.05, 3.63) is 66.0 Å². The molecule has 0 fully saturated rings. The molecule has 0 saturated carbocycles. The molecule has 0 spiro atoms. The Balaban J connectivity index is 2.30. The van der Waals surface area contributed by atoms with E-state index in [0.29, 0.717) is 22.8 Å². The summed E-state index contributed by atoms with van der Waals surface area (Å²) in [6, 6.07) is 13.8. The highest BCUT2D eigenvalue weighted by Gasteiger charge is 2.19. The van der Waals surface area contributed by atoms with Gasteiger partial charge >= 0.3 is 5.97 Å². The van der Waals surface area contributed by atoms with Gasteiger partial charge in [-0.25, -0.2) is 4.79 Å². The SMILES string of the molecule is Cc1c(C(=O)O)cc(-c2ccccn2)n1-c1cccc(O)c1. The number of aromatic hydroxyl groups is 1. The van der Waals surface area contributed by atoms with Gasteiger partial charge in [0.25, 0.3) is 0 Å². The molecular formula is C17H14N2O3. The van der Waals surface area contributed by atoms with E-state index in [-0.39, 0.29) is 11.3 Å². The van der Waals surface area contributed by atoms with Gasteiger partial charge in [-0.1, -0.05) is 12.1 Å². The molecule has 1 aromatic carbocycles. The first-order chi connectivity index (χ1) is 10.6. The quantitative estimate of drug-likeness (QED) is 0.777. The summed E-state index contributed by atoms with van der Waals surface area (Å²) in [5, 5.41) is 19.1. The van der Waals surface area contributed by atoms with Gasteiger partial charge in [0.05, 0.1) is 17.0 Å². The number of phenols is 1. The molecule has 0 unspecified atom stereocenters. The van der Waals surface area contributed by atoms with E-state index in [0.717, 1.165) is 0 Å². The Labute approximate surface area is 127 Å². The van der Waals surface area contributed by atoms with Crippen molar-refractivity contribution in [1.82, 2.24) is 9.55 Å². The molecule has 2 heterocycles. The Hall–Kier alpha value is -3.08. The third kappa shape index (κ3) is 2.33. The van der Waals surface area contributed by atoms with Gasteiger partial charge in [-0.2, -0.15) is 0 Å². The minimum Gasteiger partial charge on any atom is -0.508 e. The number of nitrogens with zero attached hydrogens (tertiary/aromatic N) is 2. The molecule has 0 bridgehead atoms. The van der Waals surface area contributed by atoms with E-state index in [9.17, 15) is 15.0 Å². The van der Waals surface area contributed by atoms with E-state index >= 15 is 0 Å². The van der Waals surface area contributed by atoms with E-state index in [1.165, 1.54) is 0 Å². The third-order valence-electron chi connectivity index (χ3n) is 3.49. The first-order valence-corrected chi connectivity index (χ1v) is 6.74. The standard InChI is InChI=1S/C17H14N2O3/c1-11-14(17(21)22)10-16(15-7-2-3-8-18-15)19(11)12-5-4-6-13(20)9-12/h2-10,20H,1H3,(H,21,22). The van der Waals surface area contributed by atoms with E-state index in [4.69, 9.17) is 0 Å². The second kappa shape index (κ2) is 5.37. The summed E-state index contributed by atoms with van der Waals surface area (Å²) < 4.78 is 1.78. The van der Waals surface area contributed by atoms with Crippen LogP contribution in [0.3, 0.4) is 0 Å². The summed E-state index contributed by atoms with van der Waals surface area (Å²) in [7, 11) is 0. The topological polar surface area (TPSA) is 75.3 Å². The first-order valence-electron chi connectivity index (χ1n) is 6.74. The average molecular weight is 294 g/mol. The van der Waals surface area contributed by atoms with Crippen LogP contribution in [0, 0.1) is 6.92 Å². The number of phenolic OH excluding ortho intramolecular Hbond substituents is 1. The van der Waals surface area contributed by atoms with Crippen LogP contribution >= 0.6 is 0 Å². The lowest BCUT2D eigenvalue weighted by Crippen LogP contribution is -2.02. The second-order valence-electron chi connectivity index (χ2n) is 4.90. The lowest BCUT2D eigenvalue weighted by Gasteiger charge is -2.12. The number of benzene rings is 1. The minimum atomic E-state index is -0.992. The van der Waals surface area contributed by atoms with E-state index in [2.05, 4.69) is 4.98 Å².